The molecule has 1 fully saturated rings. The van der Waals surface area contributed by atoms with Gasteiger partial charge in [-0.25, -0.2) is 4.39 Å². The molecule has 1 atom stereocenters. The Hall–Kier alpha value is -0.690. The van der Waals surface area contributed by atoms with Crippen molar-refractivity contribution < 1.29 is 9.18 Å². The molecule has 1 amide bonds. The number of hydrogen-bond acceptors (Lipinski definition) is 2. The van der Waals surface area contributed by atoms with Crippen LogP contribution in [0.4, 0.5) is 10.1 Å². The minimum atomic E-state index is -0.289. The van der Waals surface area contributed by atoms with Crippen LogP contribution in [0.15, 0.2) is 18.2 Å². The van der Waals surface area contributed by atoms with Gasteiger partial charge in [0.1, 0.15) is 5.82 Å². The molecule has 1 aromatic carbocycles. The molecule has 2 rings (SSSR count). The van der Waals surface area contributed by atoms with Gasteiger partial charge < -0.3 is 10.6 Å². The Morgan fingerprint density at radius 1 is 1.47 bits per heavy atom. The molecule has 0 aromatic heterocycles. The molecule has 0 unspecified atom stereocenters. The van der Waals surface area contributed by atoms with Gasteiger partial charge in [0.25, 0.3) is 0 Å². The molecule has 3 nitrogen and oxygen atoms in total. The van der Waals surface area contributed by atoms with Crippen molar-refractivity contribution in [3.05, 3.63) is 27.6 Å². The number of piperidine rings is 1. The van der Waals surface area contributed by atoms with Crippen LogP contribution < -0.4 is 10.6 Å². The topological polar surface area (TPSA) is 41.1 Å². The minimum absolute atomic E-state index is 0.0331. The van der Waals surface area contributed by atoms with Crippen LogP contribution >= 0.6 is 22.6 Å². The van der Waals surface area contributed by atoms with Crippen LogP contribution in [0.5, 0.6) is 0 Å². The van der Waals surface area contributed by atoms with Gasteiger partial charge >= 0.3 is 0 Å². The van der Waals surface area contributed by atoms with Crippen LogP contribution in [0.2, 0.25) is 0 Å². The maximum atomic E-state index is 12.9. The summed E-state index contributed by atoms with van der Waals surface area (Å²) in [5.41, 5.74) is 0.671. The highest BCUT2D eigenvalue weighted by molar-refractivity contribution is 14.1. The fourth-order valence-electron chi connectivity index (χ4n) is 1.89. The second-order valence-electron chi connectivity index (χ2n) is 4.12. The molecule has 0 aliphatic carbocycles. The summed E-state index contributed by atoms with van der Waals surface area (Å²) in [4.78, 5) is 11.9. The number of halogens is 2. The Bertz CT molecular complexity index is 419. The SMILES string of the molecule is O=C(Nc1ccc(F)cc1I)[C@@H]1CCCCN1. The third-order valence-electron chi connectivity index (χ3n) is 2.82. The Kier molecular flexibility index (Phi) is 4.33. The highest BCUT2D eigenvalue weighted by Crippen LogP contribution is 2.20. The van der Waals surface area contributed by atoms with Gasteiger partial charge in [-0.2, -0.15) is 0 Å². The van der Waals surface area contributed by atoms with E-state index in [9.17, 15) is 9.18 Å². The van der Waals surface area contributed by atoms with Crippen LogP contribution in [0.1, 0.15) is 19.3 Å². The number of anilines is 1. The molecule has 17 heavy (non-hydrogen) atoms. The summed E-state index contributed by atoms with van der Waals surface area (Å²) >= 11 is 2.02. The molecule has 92 valence electrons. The normalized spacial score (nSPS) is 20.0. The molecule has 1 aliphatic heterocycles. The highest BCUT2D eigenvalue weighted by Gasteiger charge is 2.20. The third-order valence-corrected chi connectivity index (χ3v) is 3.71. The summed E-state index contributed by atoms with van der Waals surface area (Å²) in [6, 6.07) is 4.23. The van der Waals surface area contributed by atoms with E-state index in [0.717, 1.165) is 25.8 Å². The summed E-state index contributed by atoms with van der Waals surface area (Å²) in [5.74, 6) is -0.322. The van der Waals surface area contributed by atoms with E-state index in [0.29, 0.717) is 9.26 Å². The molecule has 5 heteroatoms. The van der Waals surface area contributed by atoms with Crippen molar-refractivity contribution in [3.8, 4) is 0 Å². The van der Waals surface area contributed by atoms with E-state index in [4.69, 9.17) is 0 Å². The molecule has 0 saturated carbocycles. The number of rotatable bonds is 2. The van der Waals surface area contributed by atoms with Crippen molar-refractivity contribution in [3.63, 3.8) is 0 Å². The summed E-state index contributed by atoms with van der Waals surface area (Å²) < 4.78 is 13.6. The smallest absolute Gasteiger partial charge is 0.241 e. The zero-order chi connectivity index (χ0) is 12.3. The van der Waals surface area contributed by atoms with Crippen LogP contribution in [0.3, 0.4) is 0 Å². The first kappa shape index (κ1) is 12.8. The number of hydrogen-bond donors (Lipinski definition) is 2. The lowest BCUT2D eigenvalue weighted by Crippen LogP contribution is -2.43. The van der Waals surface area contributed by atoms with E-state index in [1.807, 2.05) is 22.6 Å². The van der Waals surface area contributed by atoms with Gasteiger partial charge in [0.05, 0.1) is 11.7 Å². The number of nitrogens with one attached hydrogen (secondary N) is 2. The molecule has 1 heterocycles. The van der Waals surface area contributed by atoms with Gasteiger partial charge in [0, 0.05) is 3.57 Å². The molecule has 0 spiro atoms. The fraction of sp³-hybridized carbons (Fsp3) is 0.417. The van der Waals surface area contributed by atoms with Crippen molar-refractivity contribution >= 4 is 34.2 Å². The standard InChI is InChI=1S/C12H14FIN2O/c13-8-4-5-10(9(14)7-8)16-12(17)11-3-1-2-6-15-11/h4-5,7,11,15H,1-3,6H2,(H,16,17)/t11-/m0/s1. The van der Waals surface area contributed by atoms with Crippen molar-refractivity contribution in [2.75, 3.05) is 11.9 Å². The van der Waals surface area contributed by atoms with E-state index in [1.165, 1.54) is 12.1 Å². The molecular weight excluding hydrogens is 334 g/mol. The van der Waals surface area contributed by atoms with Gasteiger partial charge in [-0.05, 0) is 60.2 Å². The zero-order valence-corrected chi connectivity index (χ0v) is 11.5. The second kappa shape index (κ2) is 5.77. The second-order valence-corrected chi connectivity index (χ2v) is 5.28. The largest absolute Gasteiger partial charge is 0.324 e. The Labute approximate surface area is 113 Å². The number of amides is 1. The Balaban J connectivity index is 2.02. The fourth-order valence-corrected chi connectivity index (χ4v) is 2.50. The Morgan fingerprint density at radius 3 is 2.94 bits per heavy atom. The quantitative estimate of drug-likeness (QED) is 0.807. The average molecular weight is 348 g/mol. The summed E-state index contributed by atoms with van der Waals surface area (Å²) in [7, 11) is 0. The molecule has 1 saturated heterocycles. The van der Waals surface area contributed by atoms with Gasteiger partial charge in [-0.1, -0.05) is 6.42 Å². The van der Waals surface area contributed by atoms with Crippen LogP contribution in [-0.4, -0.2) is 18.5 Å². The molecule has 1 aromatic rings. The number of benzene rings is 1. The van der Waals surface area contributed by atoms with E-state index in [1.54, 1.807) is 6.07 Å². The number of carbonyl (C=O) groups is 1. The van der Waals surface area contributed by atoms with E-state index in [2.05, 4.69) is 10.6 Å². The third kappa shape index (κ3) is 3.38. The predicted octanol–water partition coefficient (Wildman–Crippen LogP) is 2.51. The molecular formula is C12H14FIN2O. The molecule has 2 N–H and O–H groups in total. The van der Waals surface area contributed by atoms with Crippen molar-refractivity contribution in [1.29, 1.82) is 0 Å². The first-order valence-corrected chi connectivity index (χ1v) is 6.74. The first-order chi connectivity index (χ1) is 8.16. The van der Waals surface area contributed by atoms with E-state index in [-0.39, 0.29) is 17.8 Å². The lowest BCUT2D eigenvalue weighted by Gasteiger charge is -2.22. The molecule has 0 radical (unpaired) electrons. The zero-order valence-electron chi connectivity index (χ0n) is 9.30. The average Bonchev–Trinajstić information content (AvgIpc) is 2.34. The monoisotopic (exact) mass is 348 g/mol. The van der Waals surface area contributed by atoms with Crippen LogP contribution in [0.25, 0.3) is 0 Å². The van der Waals surface area contributed by atoms with Gasteiger partial charge in [-0.3, -0.25) is 4.79 Å². The van der Waals surface area contributed by atoms with Crippen molar-refractivity contribution in [2.24, 2.45) is 0 Å². The van der Waals surface area contributed by atoms with Crippen molar-refractivity contribution in [2.45, 2.75) is 25.3 Å². The van der Waals surface area contributed by atoms with Gasteiger partial charge in [0.15, 0.2) is 0 Å². The summed E-state index contributed by atoms with van der Waals surface area (Å²) in [5, 5.41) is 6.01. The maximum absolute atomic E-state index is 12.9. The van der Waals surface area contributed by atoms with E-state index >= 15 is 0 Å². The number of carbonyl (C=O) groups excluding carboxylic acids is 1. The highest BCUT2D eigenvalue weighted by atomic mass is 127. The Morgan fingerprint density at radius 2 is 2.29 bits per heavy atom. The predicted molar refractivity (Wildman–Crippen MR) is 73.4 cm³/mol. The van der Waals surface area contributed by atoms with Crippen molar-refractivity contribution in [1.82, 2.24) is 5.32 Å². The first-order valence-electron chi connectivity index (χ1n) is 5.66. The minimum Gasteiger partial charge on any atom is -0.324 e. The lowest BCUT2D eigenvalue weighted by molar-refractivity contribution is -0.118. The van der Waals surface area contributed by atoms with Gasteiger partial charge in [-0.15, -0.1) is 0 Å². The maximum Gasteiger partial charge on any atom is 0.241 e. The van der Waals surface area contributed by atoms with Gasteiger partial charge in [0.2, 0.25) is 5.91 Å². The lowest BCUT2D eigenvalue weighted by atomic mass is 10.0. The van der Waals surface area contributed by atoms with Crippen LogP contribution in [0, 0.1) is 9.39 Å². The molecule has 0 bridgehead atoms. The summed E-state index contributed by atoms with van der Waals surface area (Å²) in [6.45, 7) is 0.887. The summed E-state index contributed by atoms with van der Waals surface area (Å²) in [6.07, 6.45) is 3.06. The van der Waals surface area contributed by atoms with E-state index < -0.39 is 0 Å². The van der Waals surface area contributed by atoms with Crippen LogP contribution in [-0.2, 0) is 4.79 Å². The molecule has 1 aliphatic rings.